The zero-order valence-corrected chi connectivity index (χ0v) is 15.2. The van der Waals surface area contributed by atoms with Gasteiger partial charge in [-0.2, -0.15) is 8.42 Å². The van der Waals surface area contributed by atoms with E-state index in [2.05, 4.69) is 6.92 Å². The fourth-order valence-corrected chi connectivity index (χ4v) is 2.99. The van der Waals surface area contributed by atoms with E-state index in [1.54, 1.807) is 0 Å². The Hall–Kier alpha value is 2.12. The number of carboxylic acid groups (broad SMARTS) is 1. The van der Waals surface area contributed by atoms with E-state index in [1.165, 1.54) is 38.5 Å². The van der Waals surface area contributed by atoms with E-state index in [0.717, 1.165) is 19.3 Å². The number of hydrogen-bond acceptors (Lipinski definition) is 5. The number of carbonyl (C=O) groups is 2. The summed E-state index contributed by atoms with van der Waals surface area (Å²) in [5, 5.41) is 6.52. The van der Waals surface area contributed by atoms with E-state index >= 15 is 0 Å². The van der Waals surface area contributed by atoms with Gasteiger partial charge in [0.2, 0.25) is 0 Å². The molecule has 0 aliphatic heterocycles. The van der Waals surface area contributed by atoms with Crippen LogP contribution in [0.15, 0.2) is 0 Å². The van der Waals surface area contributed by atoms with Crippen molar-refractivity contribution in [3.05, 3.63) is 0 Å². The van der Waals surface area contributed by atoms with Gasteiger partial charge in [-0.1, -0.05) is 64.7 Å². The van der Waals surface area contributed by atoms with Gasteiger partial charge in [-0.3, -0.25) is 14.1 Å². The van der Waals surface area contributed by atoms with Crippen LogP contribution in [0.1, 0.15) is 77.6 Å². The first kappa shape index (κ1) is 32.8. The van der Waals surface area contributed by atoms with E-state index in [-0.39, 0.29) is 109 Å². The first-order valence-electron chi connectivity index (χ1n) is 8.63. The summed E-state index contributed by atoms with van der Waals surface area (Å²) in [6, 6.07) is 0. The number of aliphatic carboxylic acids is 1. The van der Waals surface area contributed by atoms with Crippen LogP contribution in [0.2, 0.25) is 0 Å². The molecule has 0 aromatic carbocycles. The summed E-state index contributed by atoms with van der Waals surface area (Å²) in [6.45, 7) is 2.22. The molecule has 10 heteroatoms. The number of carbonyl (C=O) groups excluding carboxylic acids is 1. The van der Waals surface area contributed by atoms with Crippen LogP contribution in [0, 0.1) is 0 Å². The van der Waals surface area contributed by atoms with Crippen molar-refractivity contribution in [3.8, 4) is 0 Å². The van der Waals surface area contributed by atoms with Gasteiger partial charge in [-0.05, 0) is 6.42 Å². The SMILES string of the molecule is CCCCCCCCCCCCOC(=O)C(CC(=O)O)S(=O)(=O)O.[KH].[KH]. The van der Waals surface area contributed by atoms with Crippen molar-refractivity contribution in [1.29, 1.82) is 0 Å². The molecule has 0 aromatic rings. The van der Waals surface area contributed by atoms with Crippen molar-refractivity contribution in [2.75, 3.05) is 6.61 Å². The molecule has 7 nitrogen and oxygen atoms in total. The van der Waals surface area contributed by atoms with Gasteiger partial charge in [0.1, 0.15) is 0 Å². The van der Waals surface area contributed by atoms with Crippen LogP contribution in [0.4, 0.5) is 0 Å². The predicted octanol–water partition coefficient (Wildman–Crippen LogP) is 1.88. The van der Waals surface area contributed by atoms with Crippen LogP contribution >= 0.6 is 0 Å². The van der Waals surface area contributed by atoms with Crippen molar-refractivity contribution in [1.82, 2.24) is 0 Å². The second kappa shape index (κ2) is 20.4. The van der Waals surface area contributed by atoms with Crippen molar-refractivity contribution in [3.63, 3.8) is 0 Å². The van der Waals surface area contributed by atoms with Gasteiger partial charge in [0, 0.05) is 0 Å². The fourth-order valence-electron chi connectivity index (χ4n) is 2.32. The summed E-state index contributed by atoms with van der Waals surface area (Å²) in [7, 11) is -4.78. The maximum absolute atomic E-state index is 11.6. The molecule has 0 radical (unpaired) electrons. The third kappa shape index (κ3) is 19.4. The first-order chi connectivity index (χ1) is 11.3. The minimum atomic E-state index is -4.78. The fraction of sp³-hybridized carbons (Fsp3) is 0.875. The molecule has 0 saturated heterocycles. The van der Waals surface area contributed by atoms with Crippen LogP contribution in [-0.4, -0.2) is 145 Å². The number of rotatable bonds is 15. The van der Waals surface area contributed by atoms with E-state index in [0.29, 0.717) is 6.42 Å². The van der Waals surface area contributed by atoms with E-state index in [4.69, 9.17) is 14.4 Å². The molecule has 2 N–H and O–H groups in total. The molecule has 0 saturated carbocycles. The molecule has 0 aliphatic rings. The summed E-state index contributed by atoms with van der Waals surface area (Å²) in [4.78, 5) is 22.1. The van der Waals surface area contributed by atoms with E-state index in [9.17, 15) is 18.0 Å². The quantitative estimate of drug-likeness (QED) is 0.171. The van der Waals surface area contributed by atoms with Crippen molar-refractivity contribution >= 4 is 125 Å². The van der Waals surface area contributed by atoms with Crippen LogP contribution in [0.25, 0.3) is 0 Å². The second-order valence-electron chi connectivity index (χ2n) is 5.95. The standard InChI is InChI=1S/C16H30O7S.2K.2H/c1-2-3-4-5-6-7-8-9-10-11-12-23-16(19)14(13-15(17)18)24(20,21)22;;;;/h14H,2-13H2,1H3,(H,17,18)(H,20,21,22);;;;. The van der Waals surface area contributed by atoms with Gasteiger partial charge < -0.3 is 9.84 Å². The van der Waals surface area contributed by atoms with Crippen molar-refractivity contribution in [2.24, 2.45) is 0 Å². The molecule has 0 spiro atoms. The second-order valence-corrected chi connectivity index (χ2v) is 7.55. The molecule has 0 heterocycles. The Balaban J connectivity index is -0.00000264. The Bertz CT molecular complexity index is 469. The van der Waals surface area contributed by atoms with Crippen molar-refractivity contribution in [2.45, 2.75) is 82.8 Å². The number of unbranched alkanes of at least 4 members (excludes halogenated alkanes) is 9. The molecule has 0 aliphatic carbocycles. The monoisotopic (exact) mass is 446 g/mol. The Morgan fingerprint density at radius 2 is 1.31 bits per heavy atom. The molecule has 0 fully saturated rings. The third-order valence-electron chi connectivity index (χ3n) is 3.72. The zero-order valence-electron chi connectivity index (χ0n) is 14.4. The summed E-state index contributed by atoms with van der Waals surface area (Å²) in [5.74, 6) is -2.70. The Labute approximate surface area is 242 Å². The predicted molar refractivity (Wildman–Crippen MR) is 105 cm³/mol. The summed E-state index contributed by atoms with van der Waals surface area (Å²) in [6.07, 6.45) is 10.1. The molecule has 1 atom stereocenters. The van der Waals surface area contributed by atoms with Crippen LogP contribution < -0.4 is 0 Å². The number of esters is 1. The topological polar surface area (TPSA) is 118 Å². The van der Waals surface area contributed by atoms with Gasteiger partial charge in [-0.15, -0.1) is 0 Å². The summed E-state index contributed by atoms with van der Waals surface area (Å²) < 4.78 is 35.6. The minimum absolute atomic E-state index is 0. The van der Waals surface area contributed by atoms with Gasteiger partial charge >= 0.3 is 115 Å². The molecule has 0 bridgehead atoms. The molecular formula is C16H32K2O7S. The summed E-state index contributed by atoms with van der Waals surface area (Å²) in [5.41, 5.74) is 0. The summed E-state index contributed by atoms with van der Waals surface area (Å²) >= 11 is 0. The molecule has 0 aromatic heterocycles. The Morgan fingerprint density at radius 1 is 0.885 bits per heavy atom. The Morgan fingerprint density at radius 3 is 1.69 bits per heavy atom. The molecular weight excluding hydrogens is 414 g/mol. The normalized spacial score (nSPS) is 11.8. The average Bonchev–Trinajstić information content (AvgIpc) is 2.48. The molecule has 1 unspecified atom stereocenters. The molecule has 26 heavy (non-hydrogen) atoms. The molecule has 0 amide bonds. The van der Waals surface area contributed by atoms with Crippen LogP contribution in [-0.2, 0) is 24.4 Å². The third-order valence-corrected chi connectivity index (χ3v) is 4.80. The average molecular weight is 447 g/mol. The number of hydrogen-bond donors (Lipinski definition) is 2. The number of ether oxygens (including phenoxy) is 1. The van der Waals surface area contributed by atoms with Gasteiger partial charge in [0.25, 0.3) is 10.1 Å². The number of carboxylic acids is 1. The first-order valence-corrected chi connectivity index (χ1v) is 10.1. The molecule has 146 valence electrons. The van der Waals surface area contributed by atoms with E-state index < -0.39 is 33.7 Å². The van der Waals surface area contributed by atoms with Crippen molar-refractivity contribution < 1.29 is 32.4 Å². The zero-order chi connectivity index (χ0) is 18.4. The maximum atomic E-state index is 11.6. The van der Waals surface area contributed by atoms with Gasteiger partial charge in [-0.25, -0.2) is 0 Å². The van der Waals surface area contributed by atoms with E-state index in [1.807, 2.05) is 0 Å². The van der Waals surface area contributed by atoms with Crippen LogP contribution in [0.3, 0.4) is 0 Å². The van der Waals surface area contributed by atoms with Crippen LogP contribution in [0.5, 0.6) is 0 Å². The van der Waals surface area contributed by atoms with Gasteiger partial charge in [0.15, 0.2) is 5.25 Å². The Kier molecular flexibility index (Phi) is 25.7. The van der Waals surface area contributed by atoms with Gasteiger partial charge in [0.05, 0.1) is 13.0 Å². The molecule has 0 rings (SSSR count).